The number of ether oxygens (including phenoxy) is 1. The topological polar surface area (TPSA) is 88.8 Å². The van der Waals surface area contributed by atoms with Crippen LogP contribution in [0.1, 0.15) is 34.6 Å². The second-order valence-corrected chi connectivity index (χ2v) is 7.80. The number of halogens is 1. The van der Waals surface area contributed by atoms with Gasteiger partial charge in [0.2, 0.25) is 0 Å². The molecule has 3 heterocycles. The van der Waals surface area contributed by atoms with E-state index in [2.05, 4.69) is 10.1 Å². The van der Waals surface area contributed by atoms with Gasteiger partial charge in [-0.15, -0.1) is 0 Å². The number of aryl methyl sites for hydroxylation is 1. The maximum Gasteiger partial charge on any atom is 0.327 e. The Kier molecular flexibility index (Phi) is 6.20. The third-order valence-electron chi connectivity index (χ3n) is 5.56. The average molecular weight is 443 g/mol. The number of carbonyl (C=O) groups excluding carboxylic acids is 2. The molecule has 8 nitrogen and oxygen atoms in total. The monoisotopic (exact) mass is 442 g/mol. The highest BCUT2D eigenvalue weighted by Crippen LogP contribution is 2.26. The summed E-state index contributed by atoms with van der Waals surface area (Å²) in [6, 6.07) is 8.41. The minimum atomic E-state index is -0.540. The van der Waals surface area contributed by atoms with Crippen molar-refractivity contribution in [2.45, 2.75) is 19.4 Å². The number of carbonyl (C=O) groups is 2. The molecule has 1 fully saturated rings. The molecule has 1 atom stereocenters. The Balaban J connectivity index is 1.48. The number of nitrogens with zero attached hydrogens (tertiary/aromatic N) is 4. The maximum atomic E-state index is 13.0. The van der Waals surface area contributed by atoms with Crippen molar-refractivity contribution < 1.29 is 18.8 Å². The smallest absolute Gasteiger partial charge is 0.327 e. The molecule has 0 N–H and O–H groups in total. The molecule has 2 aromatic heterocycles. The van der Waals surface area contributed by atoms with Crippen molar-refractivity contribution >= 4 is 34.6 Å². The Hall–Kier alpha value is -2.97. The van der Waals surface area contributed by atoms with Gasteiger partial charge in [-0.05, 0) is 30.2 Å². The fourth-order valence-corrected chi connectivity index (χ4v) is 4.00. The van der Waals surface area contributed by atoms with E-state index in [1.54, 1.807) is 23.1 Å². The number of amides is 1. The van der Waals surface area contributed by atoms with E-state index in [4.69, 9.17) is 20.9 Å². The number of fused-ring (bicyclic) bond motifs is 1. The highest BCUT2D eigenvalue weighted by molar-refractivity contribution is 6.30. The molecule has 1 amide bonds. The number of rotatable bonds is 5. The summed E-state index contributed by atoms with van der Waals surface area (Å²) >= 11 is 5.99. The molecule has 4 rings (SSSR count). The molecular formula is C22H23ClN4O4. The van der Waals surface area contributed by atoms with Crippen LogP contribution in [0, 0.1) is 0 Å². The summed E-state index contributed by atoms with van der Waals surface area (Å²) in [4.78, 5) is 33.6. The quantitative estimate of drug-likeness (QED) is 0.561. The van der Waals surface area contributed by atoms with Crippen LogP contribution in [0.2, 0.25) is 5.02 Å². The Morgan fingerprint density at radius 2 is 1.90 bits per heavy atom. The van der Waals surface area contributed by atoms with Crippen LogP contribution < -0.4 is 0 Å². The number of esters is 1. The first-order valence-corrected chi connectivity index (χ1v) is 10.5. The van der Waals surface area contributed by atoms with Crippen LogP contribution in [0.4, 0.5) is 0 Å². The summed E-state index contributed by atoms with van der Waals surface area (Å²) in [5, 5.41) is 5.36. The van der Waals surface area contributed by atoms with E-state index in [0.717, 1.165) is 16.6 Å². The molecule has 1 aliphatic rings. The summed E-state index contributed by atoms with van der Waals surface area (Å²) in [5.41, 5.74) is 2.53. The molecule has 0 radical (unpaired) electrons. The number of hydrogen-bond donors (Lipinski definition) is 0. The minimum absolute atomic E-state index is 0.0987. The molecule has 1 saturated heterocycles. The van der Waals surface area contributed by atoms with Gasteiger partial charge in [-0.25, -0.2) is 9.78 Å². The number of benzene rings is 1. The molecular weight excluding hydrogens is 420 g/mol. The van der Waals surface area contributed by atoms with Crippen LogP contribution >= 0.6 is 11.6 Å². The summed E-state index contributed by atoms with van der Waals surface area (Å²) in [6.07, 6.45) is 2.22. The maximum absolute atomic E-state index is 13.0. The van der Waals surface area contributed by atoms with E-state index in [1.165, 1.54) is 13.3 Å². The van der Waals surface area contributed by atoms with E-state index >= 15 is 0 Å². The lowest BCUT2D eigenvalue weighted by atomic mass is 10.0. The van der Waals surface area contributed by atoms with E-state index in [1.807, 2.05) is 24.0 Å². The van der Waals surface area contributed by atoms with E-state index in [-0.39, 0.29) is 11.9 Å². The molecule has 0 saturated carbocycles. The molecule has 1 aromatic carbocycles. The third kappa shape index (κ3) is 4.26. The lowest BCUT2D eigenvalue weighted by Gasteiger charge is -2.38. The highest BCUT2D eigenvalue weighted by atomic mass is 35.5. The van der Waals surface area contributed by atoms with Crippen molar-refractivity contribution in [3.63, 3.8) is 0 Å². The van der Waals surface area contributed by atoms with Gasteiger partial charge in [-0.3, -0.25) is 9.69 Å². The summed E-state index contributed by atoms with van der Waals surface area (Å²) in [5.74, 6) is -0.435. The van der Waals surface area contributed by atoms with Crippen molar-refractivity contribution in [2.24, 2.45) is 0 Å². The van der Waals surface area contributed by atoms with Crippen LogP contribution in [0.15, 0.2) is 41.1 Å². The normalized spacial score (nSPS) is 15.8. The van der Waals surface area contributed by atoms with Gasteiger partial charge in [0, 0.05) is 37.4 Å². The molecule has 1 aliphatic heterocycles. The van der Waals surface area contributed by atoms with Gasteiger partial charge in [0.25, 0.3) is 11.6 Å². The van der Waals surface area contributed by atoms with Gasteiger partial charge < -0.3 is 14.2 Å². The van der Waals surface area contributed by atoms with Crippen molar-refractivity contribution in [2.75, 3.05) is 33.3 Å². The Labute approximate surface area is 184 Å². The standard InChI is InChI=1S/C22H23ClN4O4/c1-3-18-17-12-15(13-24-20(17)31-25-18)21(28)27-10-8-26(9-11-27)19(22(29)30-2)14-4-6-16(23)7-5-14/h4-7,12-13,19H,3,8-11H2,1-2H3. The third-order valence-corrected chi connectivity index (χ3v) is 5.81. The van der Waals surface area contributed by atoms with E-state index < -0.39 is 6.04 Å². The van der Waals surface area contributed by atoms with Crippen molar-refractivity contribution in [3.8, 4) is 0 Å². The highest BCUT2D eigenvalue weighted by Gasteiger charge is 2.32. The van der Waals surface area contributed by atoms with Gasteiger partial charge in [-0.1, -0.05) is 35.8 Å². The fourth-order valence-electron chi connectivity index (χ4n) is 3.87. The van der Waals surface area contributed by atoms with Crippen molar-refractivity contribution in [1.29, 1.82) is 0 Å². The lowest BCUT2D eigenvalue weighted by Crippen LogP contribution is -2.51. The number of hydrogen-bond acceptors (Lipinski definition) is 7. The minimum Gasteiger partial charge on any atom is -0.468 e. The number of aromatic nitrogens is 2. The number of pyridine rings is 1. The predicted octanol–water partition coefficient (Wildman–Crippen LogP) is 3.11. The largest absolute Gasteiger partial charge is 0.468 e. The van der Waals surface area contributed by atoms with Gasteiger partial charge in [0.05, 0.1) is 23.8 Å². The number of piperazine rings is 1. The van der Waals surface area contributed by atoms with Crippen LogP contribution in [-0.2, 0) is 16.0 Å². The molecule has 31 heavy (non-hydrogen) atoms. The van der Waals surface area contributed by atoms with Crippen LogP contribution in [0.3, 0.4) is 0 Å². The average Bonchev–Trinajstić information content (AvgIpc) is 3.22. The molecule has 1 unspecified atom stereocenters. The summed E-state index contributed by atoms with van der Waals surface area (Å²) < 4.78 is 10.2. The molecule has 0 aliphatic carbocycles. The lowest BCUT2D eigenvalue weighted by molar-refractivity contribution is -0.148. The predicted molar refractivity (Wildman–Crippen MR) is 115 cm³/mol. The first-order chi connectivity index (χ1) is 15.0. The zero-order valence-electron chi connectivity index (χ0n) is 17.4. The Morgan fingerprint density at radius 3 is 2.55 bits per heavy atom. The molecule has 9 heteroatoms. The Morgan fingerprint density at radius 1 is 1.19 bits per heavy atom. The zero-order chi connectivity index (χ0) is 22.0. The zero-order valence-corrected chi connectivity index (χ0v) is 18.1. The summed E-state index contributed by atoms with van der Waals surface area (Å²) in [6.45, 7) is 4.03. The molecule has 3 aromatic rings. The van der Waals surface area contributed by atoms with Gasteiger partial charge in [-0.2, -0.15) is 0 Å². The van der Waals surface area contributed by atoms with Gasteiger partial charge in [0.15, 0.2) is 0 Å². The number of methoxy groups -OCH3 is 1. The van der Waals surface area contributed by atoms with Crippen LogP contribution in [0.5, 0.6) is 0 Å². The molecule has 162 valence electrons. The SMILES string of the molecule is CCc1noc2ncc(C(=O)N3CCN(C(C(=O)OC)c4ccc(Cl)cc4)CC3)cc12. The molecule has 0 bridgehead atoms. The second-order valence-electron chi connectivity index (χ2n) is 7.36. The van der Waals surface area contributed by atoms with Crippen molar-refractivity contribution in [1.82, 2.24) is 19.9 Å². The van der Waals surface area contributed by atoms with E-state index in [9.17, 15) is 9.59 Å². The van der Waals surface area contributed by atoms with Gasteiger partial charge >= 0.3 is 5.97 Å². The Bertz CT molecular complexity index is 1090. The van der Waals surface area contributed by atoms with E-state index in [0.29, 0.717) is 48.9 Å². The van der Waals surface area contributed by atoms with Gasteiger partial charge in [0.1, 0.15) is 6.04 Å². The first kappa shape index (κ1) is 21.3. The van der Waals surface area contributed by atoms with Crippen LogP contribution in [0.25, 0.3) is 11.1 Å². The summed E-state index contributed by atoms with van der Waals surface area (Å²) in [7, 11) is 1.38. The fraction of sp³-hybridized carbons (Fsp3) is 0.364. The molecule has 0 spiro atoms. The second kappa shape index (κ2) is 9.03. The first-order valence-electron chi connectivity index (χ1n) is 10.1. The van der Waals surface area contributed by atoms with Crippen molar-refractivity contribution in [3.05, 3.63) is 58.4 Å². The van der Waals surface area contributed by atoms with Crippen LogP contribution in [-0.4, -0.2) is 65.1 Å².